The molecule has 0 radical (unpaired) electrons. The molecule has 0 aliphatic carbocycles. The third-order valence-electron chi connectivity index (χ3n) is 6.06. The molecule has 0 N–H and O–H groups in total. The molecule has 0 unspecified atom stereocenters. The van der Waals surface area contributed by atoms with Gasteiger partial charge in [-0.3, -0.25) is 14.5 Å². The Morgan fingerprint density at radius 3 is 2.36 bits per heavy atom. The molecule has 1 aromatic rings. The molecule has 2 saturated heterocycles. The number of unbranched alkanes of at least 4 members (excludes halogenated alkanes) is 5. The Morgan fingerprint density at radius 1 is 1.04 bits per heavy atom. The van der Waals surface area contributed by atoms with Gasteiger partial charge in [0.2, 0.25) is 11.8 Å². The van der Waals surface area contributed by atoms with Crippen LogP contribution in [0.5, 0.6) is 0 Å². The van der Waals surface area contributed by atoms with Crippen LogP contribution in [-0.2, 0) is 9.59 Å². The molecule has 28 heavy (non-hydrogen) atoms. The highest BCUT2D eigenvalue weighted by atomic mass is 32.2. The Labute approximate surface area is 174 Å². The van der Waals surface area contributed by atoms with Gasteiger partial charge in [0.15, 0.2) is 0 Å². The fraction of sp³-hybridized carbons (Fsp3) is 0.652. The molecule has 154 valence electrons. The first kappa shape index (κ1) is 21.2. The fourth-order valence-electron chi connectivity index (χ4n) is 4.31. The van der Waals surface area contributed by atoms with Crippen molar-refractivity contribution < 1.29 is 9.59 Å². The van der Waals surface area contributed by atoms with E-state index < -0.39 is 0 Å². The molecular formula is C23H34N2O2S. The van der Waals surface area contributed by atoms with E-state index in [1.165, 1.54) is 31.2 Å². The molecule has 2 fully saturated rings. The lowest BCUT2D eigenvalue weighted by atomic mass is 10.00. The van der Waals surface area contributed by atoms with E-state index in [0.29, 0.717) is 18.1 Å². The summed E-state index contributed by atoms with van der Waals surface area (Å²) < 4.78 is 0. The summed E-state index contributed by atoms with van der Waals surface area (Å²) in [6, 6.07) is 8.24. The predicted molar refractivity (Wildman–Crippen MR) is 118 cm³/mol. The molecule has 1 spiro atoms. The zero-order chi connectivity index (χ0) is 20.0. The Hall–Kier alpha value is -1.49. The molecule has 2 amide bonds. The third-order valence-corrected chi connectivity index (χ3v) is 7.57. The largest absolute Gasteiger partial charge is 0.342 e. The number of nitrogens with zero attached hydrogens (tertiary/aromatic N) is 2. The van der Waals surface area contributed by atoms with Crippen LogP contribution in [0.25, 0.3) is 0 Å². The van der Waals surface area contributed by atoms with Crippen LogP contribution in [0.1, 0.15) is 70.3 Å². The van der Waals surface area contributed by atoms with Crippen LogP contribution in [0.4, 0.5) is 5.69 Å². The van der Waals surface area contributed by atoms with Gasteiger partial charge in [0.25, 0.3) is 0 Å². The van der Waals surface area contributed by atoms with Gasteiger partial charge in [0.05, 0.1) is 10.6 Å². The molecule has 2 aliphatic rings. The predicted octanol–water partition coefficient (Wildman–Crippen LogP) is 5.14. The standard InChI is InChI=1S/C23H34N2O2S/c1-3-4-5-6-7-8-9-21(26)24-16-14-23(15-17-24)25(22(27)18-28-23)20-12-10-19(2)11-13-20/h10-13H,3-9,14-18H2,1-2H3. The number of likely N-dealkylation sites (tertiary alicyclic amines) is 1. The van der Waals surface area contributed by atoms with E-state index in [-0.39, 0.29) is 10.8 Å². The summed E-state index contributed by atoms with van der Waals surface area (Å²) in [5, 5.41) is 0. The maximum Gasteiger partial charge on any atom is 0.238 e. The van der Waals surface area contributed by atoms with Crippen LogP contribution in [0.3, 0.4) is 0 Å². The molecule has 2 aliphatic heterocycles. The van der Waals surface area contributed by atoms with Crippen LogP contribution in [0.2, 0.25) is 0 Å². The normalized spacial score (nSPS) is 18.9. The average molecular weight is 403 g/mol. The number of rotatable bonds is 8. The van der Waals surface area contributed by atoms with Gasteiger partial charge in [-0.15, -0.1) is 11.8 Å². The van der Waals surface area contributed by atoms with Gasteiger partial charge in [0.1, 0.15) is 0 Å². The molecule has 5 heteroatoms. The maximum absolute atomic E-state index is 12.6. The van der Waals surface area contributed by atoms with Crippen molar-refractivity contribution in [1.29, 1.82) is 0 Å². The van der Waals surface area contributed by atoms with Crippen molar-refractivity contribution in [1.82, 2.24) is 4.90 Å². The summed E-state index contributed by atoms with van der Waals surface area (Å²) in [4.78, 5) is 29.1. The van der Waals surface area contributed by atoms with Crippen molar-refractivity contribution in [3.05, 3.63) is 29.8 Å². The number of aryl methyl sites for hydroxylation is 1. The number of hydrogen-bond donors (Lipinski definition) is 0. The number of benzene rings is 1. The van der Waals surface area contributed by atoms with E-state index >= 15 is 0 Å². The zero-order valence-corrected chi connectivity index (χ0v) is 18.2. The van der Waals surface area contributed by atoms with Gasteiger partial charge < -0.3 is 4.90 Å². The van der Waals surface area contributed by atoms with Crippen LogP contribution in [0, 0.1) is 6.92 Å². The van der Waals surface area contributed by atoms with Crippen molar-refractivity contribution in [2.75, 3.05) is 23.7 Å². The summed E-state index contributed by atoms with van der Waals surface area (Å²) in [7, 11) is 0. The van der Waals surface area contributed by atoms with Gasteiger partial charge in [-0.2, -0.15) is 0 Å². The van der Waals surface area contributed by atoms with Gasteiger partial charge in [-0.25, -0.2) is 0 Å². The Balaban J connectivity index is 1.52. The third kappa shape index (κ3) is 4.91. The lowest BCUT2D eigenvalue weighted by Crippen LogP contribution is -2.53. The fourth-order valence-corrected chi connectivity index (χ4v) is 5.64. The number of anilines is 1. The number of thioether (sulfide) groups is 1. The minimum atomic E-state index is -0.177. The molecule has 0 bridgehead atoms. The van der Waals surface area contributed by atoms with Crippen molar-refractivity contribution in [3.8, 4) is 0 Å². The molecule has 0 saturated carbocycles. The van der Waals surface area contributed by atoms with E-state index in [4.69, 9.17) is 0 Å². The zero-order valence-electron chi connectivity index (χ0n) is 17.4. The van der Waals surface area contributed by atoms with Gasteiger partial charge in [-0.1, -0.05) is 56.7 Å². The van der Waals surface area contributed by atoms with E-state index in [9.17, 15) is 9.59 Å². The Kier molecular flexibility index (Phi) is 7.44. The lowest BCUT2D eigenvalue weighted by Gasteiger charge is -2.44. The molecule has 0 atom stereocenters. The highest BCUT2D eigenvalue weighted by Gasteiger charge is 2.48. The summed E-state index contributed by atoms with van der Waals surface area (Å²) in [6.07, 6.45) is 9.66. The molecule has 1 aromatic carbocycles. The van der Waals surface area contributed by atoms with Gasteiger partial charge in [0, 0.05) is 25.2 Å². The molecule has 0 aromatic heterocycles. The van der Waals surface area contributed by atoms with Crippen LogP contribution < -0.4 is 4.90 Å². The van der Waals surface area contributed by atoms with E-state index in [1.807, 2.05) is 9.80 Å². The van der Waals surface area contributed by atoms with Crippen LogP contribution in [0.15, 0.2) is 24.3 Å². The van der Waals surface area contributed by atoms with Gasteiger partial charge >= 0.3 is 0 Å². The van der Waals surface area contributed by atoms with Crippen molar-refractivity contribution in [2.45, 2.75) is 76.5 Å². The molecule has 3 rings (SSSR count). The van der Waals surface area contributed by atoms with Crippen molar-refractivity contribution in [3.63, 3.8) is 0 Å². The molecule has 2 heterocycles. The number of carbonyl (C=O) groups is 2. The summed E-state index contributed by atoms with van der Waals surface area (Å²) in [5.41, 5.74) is 2.19. The van der Waals surface area contributed by atoms with E-state index in [0.717, 1.165) is 44.5 Å². The number of hydrogen-bond acceptors (Lipinski definition) is 3. The van der Waals surface area contributed by atoms with Crippen molar-refractivity contribution >= 4 is 29.3 Å². The SMILES string of the molecule is CCCCCCCCC(=O)N1CCC2(CC1)SCC(=O)N2c1ccc(C)cc1. The minimum Gasteiger partial charge on any atom is -0.342 e. The average Bonchev–Trinajstić information content (AvgIpc) is 3.01. The second-order valence-electron chi connectivity index (χ2n) is 8.20. The van der Waals surface area contributed by atoms with E-state index in [1.54, 1.807) is 11.8 Å². The Bertz CT molecular complexity index is 666. The number of amides is 2. The first-order chi connectivity index (χ1) is 13.6. The second-order valence-corrected chi connectivity index (χ2v) is 9.54. The van der Waals surface area contributed by atoms with E-state index in [2.05, 4.69) is 38.1 Å². The summed E-state index contributed by atoms with van der Waals surface area (Å²) in [5.74, 6) is 1.03. The highest BCUT2D eigenvalue weighted by Crippen LogP contribution is 2.46. The number of carbonyl (C=O) groups excluding carboxylic acids is 2. The molecular weight excluding hydrogens is 368 g/mol. The topological polar surface area (TPSA) is 40.6 Å². The Morgan fingerprint density at radius 2 is 1.68 bits per heavy atom. The van der Waals surface area contributed by atoms with Crippen LogP contribution in [-0.4, -0.2) is 40.4 Å². The minimum absolute atomic E-state index is 0.177. The smallest absolute Gasteiger partial charge is 0.238 e. The summed E-state index contributed by atoms with van der Waals surface area (Å²) >= 11 is 1.76. The lowest BCUT2D eigenvalue weighted by molar-refractivity contribution is -0.132. The maximum atomic E-state index is 12.6. The molecule has 4 nitrogen and oxygen atoms in total. The first-order valence-electron chi connectivity index (χ1n) is 10.9. The monoisotopic (exact) mass is 402 g/mol. The first-order valence-corrected chi connectivity index (χ1v) is 11.9. The van der Waals surface area contributed by atoms with Crippen LogP contribution >= 0.6 is 11.8 Å². The van der Waals surface area contributed by atoms with Gasteiger partial charge in [-0.05, 0) is 38.3 Å². The van der Waals surface area contributed by atoms with Crippen molar-refractivity contribution in [2.24, 2.45) is 0 Å². The number of piperidine rings is 1. The quantitative estimate of drug-likeness (QED) is 0.565. The summed E-state index contributed by atoms with van der Waals surface area (Å²) in [6.45, 7) is 5.81. The highest BCUT2D eigenvalue weighted by molar-refractivity contribution is 8.02. The second kappa shape index (κ2) is 9.82.